The van der Waals surface area contributed by atoms with Gasteiger partial charge in [0.25, 0.3) is 0 Å². The molecule has 0 saturated carbocycles. The van der Waals surface area contributed by atoms with E-state index in [2.05, 4.69) is 13.8 Å². The maximum Gasteiger partial charge on any atom is 0.228 e. The molecule has 6 nitrogen and oxygen atoms in total. The van der Waals surface area contributed by atoms with Gasteiger partial charge in [0, 0.05) is 25.2 Å². The number of amides is 2. The van der Waals surface area contributed by atoms with Crippen LogP contribution >= 0.6 is 0 Å². The summed E-state index contributed by atoms with van der Waals surface area (Å²) in [6.07, 6.45) is 0.879. The van der Waals surface area contributed by atoms with Gasteiger partial charge in [-0.2, -0.15) is 0 Å². The van der Waals surface area contributed by atoms with Crippen molar-refractivity contribution < 1.29 is 19.1 Å². The number of carbonyl (C=O) groups is 2. The molecule has 0 bridgehead atoms. The van der Waals surface area contributed by atoms with Crippen molar-refractivity contribution in [3.63, 3.8) is 0 Å². The van der Waals surface area contributed by atoms with Gasteiger partial charge in [-0.1, -0.05) is 26.0 Å². The Labute approximate surface area is 191 Å². The van der Waals surface area contributed by atoms with Crippen LogP contribution < -0.4 is 14.4 Å². The molecule has 1 aliphatic rings. The first-order chi connectivity index (χ1) is 15.4. The maximum atomic E-state index is 13.7. The normalized spacial score (nSPS) is 18.6. The molecule has 1 aliphatic heterocycles. The molecule has 0 spiro atoms. The summed E-state index contributed by atoms with van der Waals surface area (Å²) in [5.74, 6) is 1.65. The number of benzene rings is 2. The lowest BCUT2D eigenvalue weighted by atomic mass is 9.82. The quantitative estimate of drug-likeness (QED) is 0.600. The largest absolute Gasteiger partial charge is 0.497 e. The molecule has 1 heterocycles. The first-order valence-electron chi connectivity index (χ1n) is 11.3. The van der Waals surface area contributed by atoms with Gasteiger partial charge in [-0.25, -0.2) is 0 Å². The van der Waals surface area contributed by atoms with Crippen molar-refractivity contribution in [3.8, 4) is 11.5 Å². The number of rotatable bonds is 8. The Morgan fingerprint density at radius 3 is 2.09 bits per heavy atom. The highest BCUT2D eigenvalue weighted by Crippen LogP contribution is 2.41. The summed E-state index contributed by atoms with van der Waals surface area (Å²) < 4.78 is 10.6. The van der Waals surface area contributed by atoms with Crippen molar-refractivity contribution in [1.82, 2.24) is 4.90 Å². The molecular formula is C26H34N2O4. The summed E-state index contributed by atoms with van der Waals surface area (Å²) >= 11 is 0. The first-order valence-corrected chi connectivity index (χ1v) is 11.3. The van der Waals surface area contributed by atoms with Gasteiger partial charge in [0.15, 0.2) is 0 Å². The SMILES string of the molecule is CCN(CC(C)C)C(=O)C1CCC(=O)N(c2ccc(OC)cc2)C1c1ccc(OC)cc1. The second kappa shape index (κ2) is 10.5. The monoisotopic (exact) mass is 438 g/mol. The second-order valence-corrected chi connectivity index (χ2v) is 8.60. The third kappa shape index (κ3) is 5.06. The Kier molecular flexibility index (Phi) is 7.78. The minimum absolute atomic E-state index is 0.0203. The number of methoxy groups -OCH3 is 2. The van der Waals surface area contributed by atoms with Crippen LogP contribution in [0.2, 0.25) is 0 Å². The van der Waals surface area contributed by atoms with Crippen LogP contribution in [0.1, 0.15) is 45.2 Å². The highest BCUT2D eigenvalue weighted by atomic mass is 16.5. The van der Waals surface area contributed by atoms with Crippen molar-refractivity contribution in [2.45, 2.75) is 39.7 Å². The second-order valence-electron chi connectivity index (χ2n) is 8.60. The molecule has 2 aromatic carbocycles. The maximum absolute atomic E-state index is 13.7. The molecule has 0 radical (unpaired) electrons. The Morgan fingerprint density at radius 1 is 1.03 bits per heavy atom. The minimum Gasteiger partial charge on any atom is -0.497 e. The van der Waals surface area contributed by atoms with Gasteiger partial charge in [-0.15, -0.1) is 0 Å². The number of ether oxygens (including phenoxy) is 2. The molecule has 32 heavy (non-hydrogen) atoms. The molecule has 0 aliphatic carbocycles. The van der Waals surface area contributed by atoms with E-state index in [4.69, 9.17) is 9.47 Å². The van der Waals surface area contributed by atoms with Gasteiger partial charge in [-0.05, 0) is 61.2 Å². The lowest BCUT2D eigenvalue weighted by molar-refractivity contribution is -0.138. The Morgan fingerprint density at radius 2 is 1.59 bits per heavy atom. The van der Waals surface area contributed by atoms with E-state index in [0.29, 0.717) is 31.8 Å². The van der Waals surface area contributed by atoms with E-state index in [1.165, 1.54) is 0 Å². The molecule has 2 unspecified atom stereocenters. The Balaban J connectivity index is 2.06. The zero-order valence-electron chi connectivity index (χ0n) is 19.7. The van der Waals surface area contributed by atoms with Crippen LogP contribution in [0, 0.1) is 11.8 Å². The van der Waals surface area contributed by atoms with E-state index in [9.17, 15) is 9.59 Å². The molecule has 0 aromatic heterocycles. The van der Waals surface area contributed by atoms with Crippen LogP contribution in [-0.2, 0) is 9.59 Å². The first kappa shape index (κ1) is 23.6. The van der Waals surface area contributed by atoms with Crippen molar-refractivity contribution in [2.24, 2.45) is 11.8 Å². The van der Waals surface area contributed by atoms with E-state index in [0.717, 1.165) is 22.7 Å². The number of hydrogen-bond acceptors (Lipinski definition) is 4. The van der Waals surface area contributed by atoms with Crippen LogP contribution in [0.5, 0.6) is 11.5 Å². The standard InChI is InChI=1S/C26H34N2O4/c1-6-27(17-18(2)3)26(30)23-15-16-24(29)28(20-9-13-22(32-5)14-10-20)25(23)19-7-11-21(31-4)12-8-19/h7-14,18,23,25H,6,15-17H2,1-5H3. The van der Waals surface area contributed by atoms with Gasteiger partial charge >= 0.3 is 0 Å². The third-order valence-corrected chi connectivity index (χ3v) is 6.00. The fourth-order valence-electron chi connectivity index (χ4n) is 4.43. The highest BCUT2D eigenvalue weighted by molar-refractivity contribution is 5.97. The molecule has 6 heteroatoms. The Bertz CT molecular complexity index is 908. The van der Waals surface area contributed by atoms with E-state index < -0.39 is 0 Å². The van der Waals surface area contributed by atoms with Gasteiger partial charge < -0.3 is 19.3 Å². The molecule has 172 valence electrons. The minimum atomic E-state index is -0.385. The number of anilines is 1. The van der Waals surface area contributed by atoms with Crippen LogP contribution in [0.4, 0.5) is 5.69 Å². The van der Waals surface area contributed by atoms with E-state index >= 15 is 0 Å². The molecule has 3 rings (SSSR count). The lowest BCUT2D eigenvalue weighted by Gasteiger charge is -2.42. The third-order valence-electron chi connectivity index (χ3n) is 6.00. The molecule has 1 fully saturated rings. The van der Waals surface area contributed by atoms with Crippen LogP contribution in [0.15, 0.2) is 48.5 Å². The van der Waals surface area contributed by atoms with Crippen LogP contribution in [0.3, 0.4) is 0 Å². The molecule has 0 N–H and O–H groups in total. The zero-order chi connectivity index (χ0) is 23.3. The summed E-state index contributed by atoms with van der Waals surface area (Å²) in [5.41, 5.74) is 1.69. The number of carbonyl (C=O) groups excluding carboxylic acids is 2. The average molecular weight is 439 g/mol. The van der Waals surface area contributed by atoms with Gasteiger partial charge in [0.1, 0.15) is 11.5 Å². The predicted molar refractivity (Wildman–Crippen MR) is 126 cm³/mol. The summed E-state index contributed by atoms with van der Waals surface area (Å²) in [5, 5.41) is 0. The van der Waals surface area contributed by atoms with Crippen LogP contribution in [-0.4, -0.2) is 44.0 Å². The molecule has 1 saturated heterocycles. The molecule has 2 amide bonds. The fraction of sp³-hybridized carbons (Fsp3) is 0.462. The van der Waals surface area contributed by atoms with Gasteiger partial charge in [-0.3, -0.25) is 9.59 Å². The molecule has 2 atom stereocenters. The summed E-state index contributed by atoms with van der Waals surface area (Å²) in [6, 6.07) is 14.7. The topological polar surface area (TPSA) is 59.1 Å². The van der Waals surface area contributed by atoms with Crippen LogP contribution in [0.25, 0.3) is 0 Å². The summed E-state index contributed by atoms with van der Waals surface area (Å²) in [6.45, 7) is 7.60. The van der Waals surface area contributed by atoms with Crippen molar-refractivity contribution in [1.29, 1.82) is 0 Å². The zero-order valence-corrected chi connectivity index (χ0v) is 19.7. The van der Waals surface area contributed by atoms with Crippen molar-refractivity contribution in [3.05, 3.63) is 54.1 Å². The molecule has 2 aromatic rings. The van der Waals surface area contributed by atoms with Crippen molar-refractivity contribution >= 4 is 17.5 Å². The fourth-order valence-corrected chi connectivity index (χ4v) is 4.43. The van der Waals surface area contributed by atoms with E-state index in [-0.39, 0.29) is 23.8 Å². The predicted octanol–water partition coefficient (Wildman–Crippen LogP) is 4.69. The number of piperidine rings is 1. The highest BCUT2D eigenvalue weighted by Gasteiger charge is 2.42. The number of nitrogens with zero attached hydrogens (tertiary/aromatic N) is 2. The van der Waals surface area contributed by atoms with E-state index in [1.54, 1.807) is 19.1 Å². The average Bonchev–Trinajstić information content (AvgIpc) is 2.82. The molecular weight excluding hydrogens is 404 g/mol. The Hall–Kier alpha value is -3.02. The summed E-state index contributed by atoms with van der Waals surface area (Å²) in [7, 11) is 3.24. The number of hydrogen-bond donors (Lipinski definition) is 0. The van der Waals surface area contributed by atoms with Crippen molar-refractivity contribution in [2.75, 3.05) is 32.2 Å². The van der Waals surface area contributed by atoms with Gasteiger partial charge in [0.2, 0.25) is 11.8 Å². The lowest BCUT2D eigenvalue weighted by Crippen LogP contribution is -2.50. The summed E-state index contributed by atoms with van der Waals surface area (Å²) in [4.78, 5) is 30.6. The van der Waals surface area contributed by atoms with Gasteiger partial charge in [0.05, 0.1) is 26.2 Å². The van der Waals surface area contributed by atoms with E-state index in [1.807, 2.05) is 60.4 Å². The smallest absolute Gasteiger partial charge is 0.228 e.